The second-order valence-electron chi connectivity index (χ2n) is 2.23. The van der Waals surface area contributed by atoms with Crippen LogP contribution >= 0.6 is 0 Å². The molecule has 0 spiro atoms. The molecule has 4 heteroatoms. The van der Waals surface area contributed by atoms with Crippen molar-refractivity contribution in [1.82, 2.24) is 19.7 Å². The van der Waals surface area contributed by atoms with E-state index in [1.165, 1.54) is 0 Å². The molecule has 0 bridgehead atoms. The van der Waals surface area contributed by atoms with Gasteiger partial charge in [-0.1, -0.05) is 0 Å². The zero-order valence-corrected chi connectivity index (χ0v) is 6.23. The fourth-order valence-electron chi connectivity index (χ4n) is 1.04. The van der Waals surface area contributed by atoms with Crippen LogP contribution in [0.15, 0.2) is 18.6 Å². The standard InChI is InChI=1S/C7H8N4/c1-2-11-7-6(5-10-11)8-3-4-9-7/h3-5H,2H2,1H3. The maximum Gasteiger partial charge on any atom is 0.176 e. The van der Waals surface area contributed by atoms with Gasteiger partial charge in [0.1, 0.15) is 5.52 Å². The highest BCUT2D eigenvalue weighted by Crippen LogP contribution is 2.04. The number of fused-ring (bicyclic) bond motifs is 1. The summed E-state index contributed by atoms with van der Waals surface area (Å²) < 4.78 is 1.82. The van der Waals surface area contributed by atoms with Crippen LogP contribution in [0.25, 0.3) is 11.2 Å². The van der Waals surface area contributed by atoms with Crippen LogP contribution in [-0.2, 0) is 6.54 Å². The third-order valence-electron chi connectivity index (χ3n) is 1.57. The molecule has 0 radical (unpaired) electrons. The van der Waals surface area contributed by atoms with Crippen molar-refractivity contribution >= 4 is 11.2 Å². The number of aromatic nitrogens is 4. The topological polar surface area (TPSA) is 43.6 Å². The van der Waals surface area contributed by atoms with Crippen LogP contribution in [0.2, 0.25) is 0 Å². The Morgan fingerprint density at radius 1 is 1.36 bits per heavy atom. The highest BCUT2D eigenvalue weighted by Gasteiger charge is 1.99. The minimum absolute atomic E-state index is 0.836. The average Bonchev–Trinajstić information content (AvgIpc) is 2.47. The van der Waals surface area contributed by atoms with E-state index >= 15 is 0 Å². The van der Waals surface area contributed by atoms with Gasteiger partial charge in [0.05, 0.1) is 6.20 Å². The number of aryl methyl sites for hydroxylation is 1. The molecule has 2 aromatic heterocycles. The van der Waals surface area contributed by atoms with Gasteiger partial charge >= 0.3 is 0 Å². The molecule has 0 saturated carbocycles. The van der Waals surface area contributed by atoms with E-state index in [0.717, 1.165) is 17.7 Å². The predicted molar refractivity (Wildman–Crippen MR) is 41.0 cm³/mol. The lowest BCUT2D eigenvalue weighted by Crippen LogP contribution is -1.96. The van der Waals surface area contributed by atoms with Gasteiger partial charge in [0.15, 0.2) is 5.65 Å². The molecular formula is C7H8N4. The normalized spacial score (nSPS) is 10.6. The molecule has 0 aliphatic carbocycles. The zero-order valence-electron chi connectivity index (χ0n) is 6.23. The molecule has 2 aromatic rings. The lowest BCUT2D eigenvalue weighted by molar-refractivity contribution is 0.676. The number of hydrogen-bond donors (Lipinski definition) is 0. The molecule has 0 saturated heterocycles. The summed E-state index contributed by atoms with van der Waals surface area (Å²) in [6, 6.07) is 0. The fraction of sp³-hybridized carbons (Fsp3) is 0.286. The van der Waals surface area contributed by atoms with Crippen molar-refractivity contribution in [2.24, 2.45) is 0 Å². The average molecular weight is 148 g/mol. The van der Waals surface area contributed by atoms with Crippen LogP contribution in [0.1, 0.15) is 6.92 Å². The molecule has 0 aromatic carbocycles. The van der Waals surface area contributed by atoms with E-state index in [0.29, 0.717) is 0 Å². The second kappa shape index (κ2) is 2.30. The number of hydrogen-bond acceptors (Lipinski definition) is 3. The van der Waals surface area contributed by atoms with Gasteiger partial charge in [-0.05, 0) is 6.92 Å². The minimum Gasteiger partial charge on any atom is -0.250 e. The summed E-state index contributed by atoms with van der Waals surface area (Å²) in [6.45, 7) is 2.86. The lowest BCUT2D eigenvalue weighted by atomic mass is 10.5. The zero-order chi connectivity index (χ0) is 7.68. The molecule has 0 fully saturated rings. The summed E-state index contributed by atoms with van der Waals surface area (Å²) in [7, 11) is 0. The van der Waals surface area contributed by atoms with Crippen molar-refractivity contribution in [2.45, 2.75) is 13.5 Å². The van der Waals surface area contributed by atoms with E-state index < -0.39 is 0 Å². The van der Waals surface area contributed by atoms with Gasteiger partial charge in [-0.2, -0.15) is 5.10 Å². The molecule has 4 nitrogen and oxygen atoms in total. The molecule has 0 unspecified atom stereocenters. The molecule has 11 heavy (non-hydrogen) atoms. The van der Waals surface area contributed by atoms with Crippen molar-refractivity contribution < 1.29 is 0 Å². The number of nitrogens with zero attached hydrogens (tertiary/aromatic N) is 4. The van der Waals surface area contributed by atoms with Gasteiger partial charge in [-0.25, -0.2) is 14.6 Å². The Bertz CT molecular complexity index is 365. The van der Waals surface area contributed by atoms with E-state index in [1.54, 1.807) is 18.6 Å². The van der Waals surface area contributed by atoms with E-state index in [2.05, 4.69) is 15.1 Å². The first kappa shape index (κ1) is 6.27. The Morgan fingerprint density at radius 2 is 2.18 bits per heavy atom. The minimum atomic E-state index is 0.836. The molecule has 56 valence electrons. The molecular weight excluding hydrogens is 140 g/mol. The van der Waals surface area contributed by atoms with E-state index in [4.69, 9.17) is 0 Å². The van der Waals surface area contributed by atoms with Crippen molar-refractivity contribution in [2.75, 3.05) is 0 Å². The highest BCUT2D eigenvalue weighted by molar-refractivity contribution is 5.68. The first-order valence-electron chi connectivity index (χ1n) is 3.54. The number of rotatable bonds is 1. The van der Waals surface area contributed by atoms with Gasteiger partial charge in [0.2, 0.25) is 0 Å². The fourth-order valence-corrected chi connectivity index (χ4v) is 1.04. The maximum absolute atomic E-state index is 4.15. The second-order valence-corrected chi connectivity index (χ2v) is 2.23. The van der Waals surface area contributed by atoms with Gasteiger partial charge in [-0.3, -0.25) is 0 Å². The van der Waals surface area contributed by atoms with Crippen LogP contribution in [0.3, 0.4) is 0 Å². The van der Waals surface area contributed by atoms with Crippen molar-refractivity contribution in [3.8, 4) is 0 Å². The summed E-state index contributed by atoms with van der Waals surface area (Å²) in [5, 5.41) is 4.11. The smallest absolute Gasteiger partial charge is 0.176 e. The third kappa shape index (κ3) is 0.869. The van der Waals surface area contributed by atoms with Crippen molar-refractivity contribution in [3.63, 3.8) is 0 Å². The van der Waals surface area contributed by atoms with E-state index in [9.17, 15) is 0 Å². The molecule has 0 aliphatic rings. The van der Waals surface area contributed by atoms with Gasteiger partial charge in [0, 0.05) is 18.9 Å². The molecule has 2 rings (SSSR count). The molecule has 0 aliphatic heterocycles. The van der Waals surface area contributed by atoms with Gasteiger partial charge < -0.3 is 0 Å². The van der Waals surface area contributed by atoms with Crippen LogP contribution in [0.5, 0.6) is 0 Å². The van der Waals surface area contributed by atoms with Gasteiger partial charge in [0.25, 0.3) is 0 Å². The quantitative estimate of drug-likeness (QED) is 0.602. The Kier molecular flexibility index (Phi) is 1.31. The van der Waals surface area contributed by atoms with Crippen molar-refractivity contribution in [1.29, 1.82) is 0 Å². The summed E-state index contributed by atoms with van der Waals surface area (Å²) in [4.78, 5) is 8.25. The Balaban J connectivity index is 2.76. The maximum atomic E-state index is 4.15. The first-order valence-corrected chi connectivity index (χ1v) is 3.54. The van der Waals surface area contributed by atoms with Crippen LogP contribution < -0.4 is 0 Å². The summed E-state index contributed by atoms with van der Waals surface area (Å²) >= 11 is 0. The molecule has 0 amide bonds. The summed E-state index contributed by atoms with van der Waals surface area (Å²) in [5.41, 5.74) is 1.71. The lowest BCUT2D eigenvalue weighted by Gasteiger charge is -1.93. The van der Waals surface area contributed by atoms with Crippen LogP contribution in [0, 0.1) is 0 Å². The molecule has 0 atom stereocenters. The molecule has 0 N–H and O–H groups in total. The SMILES string of the molecule is CCn1ncc2nccnc21. The predicted octanol–water partition coefficient (Wildman–Crippen LogP) is 0.846. The summed E-state index contributed by atoms with van der Waals surface area (Å²) in [6.07, 6.45) is 5.08. The van der Waals surface area contributed by atoms with E-state index in [-0.39, 0.29) is 0 Å². The molecule has 2 heterocycles. The Labute approximate surface area is 63.9 Å². The highest BCUT2D eigenvalue weighted by atomic mass is 15.3. The van der Waals surface area contributed by atoms with Gasteiger partial charge in [-0.15, -0.1) is 0 Å². The monoisotopic (exact) mass is 148 g/mol. The van der Waals surface area contributed by atoms with Crippen LogP contribution in [-0.4, -0.2) is 19.7 Å². The largest absolute Gasteiger partial charge is 0.250 e. The summed E-state index contributed by atoms with van der Waals surface area (Å²) in [5.74, 6) is 0. The van der Waals surface area contributed by atoms with E-state index in [1.807, 2.05) is 11.6 Å². The Hall–Kier alpha value is -1.45. The third-order valence-corrected chi connectivity index (χ3v) is 1.57. The van der Waals surface area contributed by atoms with Crippen molar-refractivity contribution in [3.05, 3.63) is 18.6 Å². The van der Waals surface area contributed by atoms with Crippen LogP contribution in [0.4, 0.5) is 0 Å². The first-order chi connectivity index (χ1) is 5.42. The Morgan fingerprint density at radius 3 is 3.00 bits per heavy atom.